The molecule has 1 saturated heterocycles. The van der Waals surface area contributed by atoms with E-state index in [1.807, 2.05) is 43.3 Å². The van der Waals surface area contributed by atoms with Gasteiger partial charge in [-0.15, -0.1) is 0 Å². The van der Waals surface area contributed by atoms with Crippen molar-refractivity contribution >= 4 is 39.7 Å². The Morgan fingerprint density at radius 1 is 1.18 bits per heavy atom. The van der Waals surface area contributed by atoms with Crippen molar-refractivity contribution in [3.05, 3.63) is 71.7 Å². The van der Waals surface area contributed by atoms with Crippen LogP contribution in [0.4, 0.5) is 23.0 Å². The fourth-order valence-electron chi connectivity index (χ4n) is 4.20. The summed E-state index contributed by atoms with van der Waals surface area (Å²) in [4.78, 5) is 27.8. The van der Waals surface area contributed by atoms with Crippen LogP contribution in [0.5, 0.6) is 5.75 Å². The highest BCUT2D eigenvalue weighted by Gasteiger charge is 2.20. The zero-order valence-electron chi connectivity index (χ0n) is 21.1. The first-order valence-electron chi connectivity index (χ1n) is 12.2. The topological polar surface area (TPSA) is 139 Å². The number of nitrogens with two attached hydrogens (primary N) is 1. The Kier molecular flexibility index (Phi) is 7.02. The first-order valence-corrected chi connectivity index (χ1v) is 12.2. The van der Waals surface area contributed by atoms with E-state index in [4.69, 9.17) is 15.2 Å². The number of fused-ring (bicyclic) bond motifs is 1. The summed E-state index contributed by atoms with van der Waals surface area (Å²) in [6.45, 7) is 1.18. The Labute approximate surface area is 220 Å². The van der Waals surface area contributed by atoms with Gasteiger partial charge in [0.15, 0.2) is 5.78 Å². The van der Waals surface area contributed by atoms with Crippen molar-refractivity contribution in [3.8, 4) is 11.8 Å². The smallest absolute Gasteiger partial charge is 0.227 e. The van der Waals surface area contributed by atoms with Gasteiger partial charge in [0, 0.05) is 68.2 Å². The average molecular weight is 510 g/mol. The van der Waals surface area contributed by atoms with Crippen LogP contribution in [0.15, 0.2) is 55.0 Å². The first-order chi connectivity index (χ1) is 18.4. The number of carbonyl (C=O) groups is 1. The van der Waals surface area contributed by atoms with Gasteiger partial charge in [0.25, 0.3) is 0 Å². The van der Waals surface area contributed by atoms with E-state index in [1.165, 1.54) is 6.20 Å². The summed E-state index contributed by atoms with van der Waals surface area (Å²) in [5, 5.41) is 13.5. The van der Waals surface area contributed by atoms with Crippen molar-refractivity contribution in [2.45, 2.75) is 18.9 Å². The lowest BCUT2D eigenvalue weighted by Gasteiger charge is -2.16. The number of aromatic nitrogens is 3. The summed E-state index contributed by atoms with van der Waals surface area (Å²) in [6.07, 6.45) is 5.60. The quantitative estimate of drug-likeness (QED) is 0.266. The van der Waals surface area contributed by atoms with Crippen LogP contribution in [-0.4, -0.2) is 54.1 Å². The first kappa shape index (κ1) is 24.9. The minimum absolute atomic E-state index is 0.0239. The molecular formula is C28H27N7O3. The predicted molar refractivity (Wildman–Crippen MR) is 145 cm³/mol. The number of rotatable bonds is 8. The normalized spacial score (nSPS) is 14.7. The van der Waals surface area contributed by atoms with Crippen molar-refractivity contribution in [2.75, 3.05) is 43.3 Å². The molecule has 10 nitrogen and oxygen atoms in total. The van der Waals surface area contributed by atoms with Gasteiger partial charge in [0.05, 0.1) is 35.7 Å². The van der Waals surface area contributed by atoms with Crippen molar-refractivity contribution in [3.63, 3.8) is 0 Å². The minimum Gasteiger partial charge on any atom is -0.486 e. The van der Waals surface area contributed by atoms with E-state index in [1.54, 1.807) is 24.5 Å². The maximum absolute atomic E-state index is 12.7. The number of nitrogens with one attached hydrogen (secondary N) is 1. The van der Waals surface area contributed by atoms with Crippen LogP contribution >= 0.6 is 0 Å². The number of ether oxygens (including phenoxy) is 2. The third-order valence-electron chi connectivity index (χ3n) is 6.31. The molecule has 0 saturated carbocycles. The van der Waals surface area contributed by atoms with E-state index in [-0.39, 0.29) is 24.3 Å². The molecule has 1 aliphatic rings. The largest absolute Gasteiger partial charge is 0.486 e. The summed E-state index contributed by atoms with van der Waals surface area (Å²) >= 11 is 0. The predicted octanol–water partition coefficient (Wildman–Crippen LogP) is 3.88. The number of anilines is 4. The van der Waals surface area contributed by atoms with Crippen LogP contribution in [0.3, 0.4) is 0 Å². The van der Waals surface area contributed by atoms with Gasteiger partial charge in [0.1, 0.15) is 17.9 Å². The lowest BCUT2D eigenvalue weighted by Crippen LogP contribution is -2.16. The van der Waals surface area contributed by atoms with Gasteiger partial charge in [0.2, 0.25) is 5.95 Å². The molecule has 1 unspecified atom stereocenters. The Morgan fingerprint density at radius 3 is 2.61 bits per heavy atom. The molecule has 2 aromatic heterocycles. The second-order valence-corrected chi connectivity index (χ2v) is 9.25. The van der Waals surface area contributed by atoms with Crippen LogP contribution in [0.2, 0.25) is 0 Å². The van der Waals surface area contributed by atoms with Gasteiger partial charge >= 0.3 is 0 Å². The molecule has 38 heavy (non-hydrogen) atoms. The van der Waals surface area contributed by atoms with Crippen LogP contribution in [0.25, 0.3) is 10.9 Å². The number of carbonyl (C=O) groups excluding carboxylic acids is 1. The minimum atomic E-state index is -0.0538. The number of benzene rings is 2. The highest BCUT2D eigenvalue weighted by molar-refractivity contribution is 5.99. The van der Waals surface area contributed by atoms with Crippen molar-refractivity contribution in [1.29, 1.82) is 5.26 Å². The number of hydrogen-bond donors (Lipinski definition) is 2. The van der Waals surface area contributed by atoms with Gasteiger partial charge in [-0.25, -0.2) is 9.97 Å². The molecular weight excluding hydrogens is 482 g/mol. The zero-order chi connectivity index (χ0) is 26.6. The Balaban J connectivity index is 1.34. The summed E-state index contributed by atoms with van der Waals surface area (Å²) in [6, 6.07) is 13.1. The molecule has 5 rings (SSSR count). The molecule has 1 aliphatic heterocycles. The molecule has 192 valence electrons. The van der Waals surface area contributed by atoms with E-state index >= 15 is 0 Å². The number of Topliss-reactive ketones (excluding diaryl/α,β-unsaturated/α-hetero) is 1. The average Bonchev–Trinajstić information content (AvgIpc) is 3.44. The molecule has 0 radical (unpaired) electrons. The van der Waals surface area contributed by atoms with Gasteiger partial charge in [-0.3, -0.25) is 9.78 Å². The molecule has 0 spiro atoms. The Morgan fingerprint density at radius 2 is 1.95 bits per heavy atom. The highest BCUT2D eigenvalue weighted by Crippen LogP contribution is 2.35. The highest BCUT2D eigenvalue weighted by atomic mass is 16.5. The maximum Gasteiger partial charge on any atom is 0.227 e. The molecule has 0 bridgehead atoms. The zero-order valence-corrected chi connectivity index (χ0v) is 21.1. The van der Waals surface area contributed by atoms with Crippen LogP contribution in [0.1, 0.15) is 27.9 Å². The second kappa shape index (κ2) is 10.7. The van der Waals surface area contributed by atoms with Gasteiger partial charge in [-0.2, -0.15) is 5.26 Å². The summed E-state index contributed by atoms with van der Waals surface area (Å²) in [5.41, 5.74) is 10.5. The molecule has 1 atom stereocenters. The molecule has 2 aromatic carbocycles. The number of pyridine rings is 1. The van der Waals surface area contributed by atoms with Crippen LogP contribution in [0, 0.1) is 11.3 Å². The third kappa shape index (κ3) is 5.33. The fourth-order valence-corrected chi connectivity index (χ4v) is 4.20. The number of ketones is 1. The monoisotopic (exact) mass is 509 g/mol. The van der Waals surface area contributed by atoms with E-state index in [0.29, 0.717) is 57.9 Å². The number of hydrogen-bond acceptors (Lipinski definition) is 10. The number of nitrogen functional groups attached to an aromatic ring is 1. The molecule has 1 fully saturated rings. The van der Waals surface area contributed by atoms with Gasteiger partial charge in [-0.1, -0.05) is 0 Å². The van der Waals surface area contributed by atoms with Crippen molar-refractivity contribution < 1.29 is 14.3 Å². The van der Waals surface area contributed by atoms with Crippen LogP contribution < -0.4 is 20.7 Å². The lowest BCUT2D eigenvalue weighted by atomic mass is 10.0. The number of nitriles is 1. The maximum atomic E-state index is 12.7. The Bertz CT molecular complexity index is 1510. The third-order valence-corrected chi connectivity index (χ3v) is 6.31. The molecule has 0 aliphatic carbocycles. The second-order valence-electron chi connectivity index (χ2n) is 9.25. The van der Waals surface area contributed by atoms with E-state index in [2.05, 4.69) is 26.3 Å². The van der Waals surface area contributed by atoms with Gasteiger partial charge in [-0.05, 0) is 35.9 Å². The van der Waals surface area contributed by atoms with Crippen molar-refractivity contribution in [2.24, 2.45) is 0 Å². The van der Waals surface area contributed by atoms with E-state index in [9.17, 15) is 10.1 Å². The molecule has 3 N–H and O–H groups in total. The SMILES string of the molecule is CN(C)c1ccc(C(=O)Cc2cnc(Nc3c(C#N)cnc4cc(OC5CCOC5)c(N)cc34)nc2)cc1. The molecule has 0 amide bonds. The summed E-state index contributed by atoms with van der Waals surface area (Å²) in [7, 11) is 3.90. The fraction of sp³-hybridized carbons (Fsp3) is 0.250. The molecule has 10 heteroatoms. The molecule has 3 heterocycles. The van der Waals surface area contributed by atoms with E-state index in [0.717, 1.165) is 12.1 Å². The molecule has 4 aromatic rings. The Hall–Kier alpha value is -4.75. The van der Waals surface area contributed by atoms with E-state index < -0.39 is 0 Å². The van der Waals surface area contributed by atoms with Gasteiger partial charge < -0.3 is 25.4 Å². The summed E-state index contributed by atoms with van der Waals surface area (Å²) in [5.74, 6) is 0.782. The summed E-state index contributed by atoms with van der Waals surface area (Å²) < 4.78 is 11.4. The number of nitrogens with zero attached hydrogens (tertiary/aromatic N) is 5. The van der Waals surface area contributed by atoms with Crippen LogP contribution in [-0.2, 0) is 11.2 Å². The lowest BCUT2D eigenvalue weighted by molar-refractivity contribution is 0.0992. The van der Waals surface area contributed by atoms with Crippen molar-refractivity contribution in [1.82, 2.24) is 15.0 Å². The standard InChI is InChI=1S/C28H27N7O3/c1-35(2)20-5-3-18(4-6-20)25(36)9-17-13-32-28(33-14-17)34-27-19(12-29)15-31-24-11-26(23(30)10-22(24)27)38-21-7-8-37-16-21/h3-6,10-11,13-15,21H,7-9,16,30H2,1-2H3,(H,31,32,33,34).